The van der Waals surface area contributed by atoms with Gasteiger partial charge in [0.25, 0.3) is 0 Å². The van der Waals surface area contributed by atoms with Gasteiger partial charge in [0.15, 0.2) is 0 Å². The van der Waals surface area contributed by atoms with Crippen molar-refractivity contribution in [1.29, 1.82) is 0 Å². The van der Waals surface area contributed by atoms with Crippen LogP contribution in [0.5, 0.6) is 5.75 Å². The average molecular weight is 628 g/mol. The molecule has 0 spiro atoms. The number of fused-ring (bicyclic) bond motifs is 3. The summed E-state index contributed by atoms with van der Waals surface area (Å²) in [5.41, 5.74) is 4.73. The molecule has 5 rings (SSSR count). The third-order valence-corrected chi connectivity index (χ3v) is 8.70. The fourth-order valence-electron chi connectivity index (χ4n) is 5.49. The van der Waals surface area contributed by atoms with Crippen LogP contribution in [-0.4, -0.2) is 39.2 Å². The van der Waals surface area contributed by atoms with E-state index in [0.717, 1.165) is 27.8 Å². The van der Waals surface area contributed by atoms with Crippen LogP contribution in [0.3, 0.4) is 0 Å². The van der Waals surface area contributed by atoms with Gasteiger partial charge in [-0.25, -0.2) is 4.79 Å². The number of esters is 1. The van der Waals surface area contributed by atoms with E-state index < -0.39 is 21.8 Å². The minimum atomic E-state index is -3.97. The third kappa shape index (κ3) is 8.30. The lowest BCUT2D eigenvalue weighted by Gasteiger charge is -2.23. The van der Waals surface area contributed by atoms with Gasteiger partial charge >= 0.3 is 22.2 Å². The Hall–Kier alpha value is -4.63. The van der Waals surface area contributed by atoms with Gasteiger partial charge in [0, 0.05) is 12.5 Å². The number of rotatable bonds is 11. The number of ether oxygens (including phenoxy) is 2. The molecule has 1 amide bonds. The number of hydrogen-bond acceptors (Lipinski definition) is 7. The first-order valence-electron chi connectivity index (χ1n) is 14.9. The van der Waals surface area contributed by atoms with Gasteiger partial charge in [0.1, 0.15) is 22.9 Å². The van der Waals surface area contributed by atoms with Crippen molar-refractivity contribution < 1.29 is 31.7 Å². The Balaban J connectivity index is 1.21. The summed E-state index contributed by atoms with van der Waals surface area (Å²) < 4.78 is 41.7. The maximum absolute atomic E-state index is 12.9. The first-order chi connectivity index (χ1) is 21.5. The van der Waals surface area contributed by atoms with E-state index >= 15 is 0 Å². The molecule has 0 bridgehead atoms. The van der Waals surface area contributed by atoms with Crippen LogP contribution >= 0.6 is 0 Å². The lowest BCUT2D eigenvalue weighted by Crippen LogP contribution is -2.34. The Bertz CT molecular complexity index is 1700. The van der Waals surface area contributed by atoms with E-state index in [4.69, 9.17) is 13.7 Å². The Morgan fingerprint density at radius 2 is 1.38 bits per heavy atom. The van der Waals surface area contributed by atoms with Gasteiger partial charge < -0.3 is 19.0 Å². The summed E-state index contributed by atoms with van der Waals surface area (Å²) in [7, 11) is -3.97. The van der Waals surface area contributed by atoms with Crippen LogP contribution in [0.15, 0.2) is 108 Å². The zero-order valence-electron chi connectivity index (χ0n) is 25.6. The van der Waals surface area contributed by atoms with Crippen molar-refractivity contribution in [3.8, 4) is 16.9 Å². The molecule has 0 fully saturated rings. The molecule has 4 aromatic carbocycles. The van der Waals surface area contributed by atoms with Crippen molar-refractivity contribution >= 4 is 22.2 Å². The van der Waals surface area contributed by atoms with Crippen molar-refractivity contribution in [3.63, 3.8) is 0 Å². The molecule has 0 aliphatic heterocycles. The Labute approximate surface area is 264 Å². The lowest BCUT2D eigenvalue weighted by molar-refractivity contribution is -0.155. The molecule has 1 atom stereocenters. The molecular weight excluding hydrogens is 590 g/mol. The molecule has 4 aromatic rings. The summed E-state index contributed by atoms with van der Waals surface area (Å²) >= 11 is 0. The van der Waals surface area contributed by atoms with E-state index in [1.807, 2.05) is 24.3 Å². The molecule has 9 heteroatoms. The van der Waals surface area contributed by atoms with Crippen molar-refractivity contribution in [2.45, 2.75) is 50.0 Å². The molecule has 0 saturated carbocycles. The Morgan fingerprint density at radius 3 is 1.98 bits per heavy atom. The van der Waals surface area contributed by atoms with Gasteiger partial charge in [-0.3, -0.25) is 4.79 Å². The predicted molar refractivity (Wildman–Crippen MR) is 171 cm³/mol. The van der Waals surface area contributed by atoms with Crippen LogP contribution < -0.4 is 9.50 Å². The van der Waals surface area contributed by atoms with Crippen molar-refractivity contribution in [2.75, 3.05) is 13.2 Å². The van der Waals surface area contributed by atoms with Gasteiger partial charge in [0.05, 0.1) is 6.42 Å². The van der Waals surface area contributed by atoms with Crippen LogP contribution in [0.2, 0.25) is 0 Å². The SMILES string of the molecule is CC(C)(C)OC(=O)CC(CNC(=O)OCC1c2ccccc2-c2ccccc21)Cc1ccc(OS(=O)(=O)c2ccccc2)cc1. The highest BCUT2D eigenvalue weighted by Gasteiger charge is 2.29. The molecule has 45 heavy (non-hydrogen) atoms. The molecular formula is C36H37NO7S. The highest BCUT2D eigenvalue weighted by Crippen LogP contribution is 2.44. The van der Waals surface area contributed by atoms with Gasteiger partial charge in [-0.2, -0.15) is 8.42 Å². The summed E-state index contributed by atoms with van der Waals surface area (Å²) in [5.74, 6) is -0.578. The topological polar surface area (TPSA) is 108 Å². The first-order valence-corrected chi connectivity index (χ1v) is 16.3. The van der Waals surface area contributed by atoms with Crippen LogP contribution in [0.25, 0.3) is 11.1 Å². The van der Waals surface area contributed by atoms with E-state index in [9.17, 15) is 18.0 Å². The second-order valence-electron chi connectivity index (χ2n) is 12.1. The quantitative estimate of drug-likeness (QED) is 0.143. The average Bonchev–Trinajstić information content (AvgIpc) is 3.33. The maximum atomic E-state index is 12.9. The van der Waals surface area contributed by atoms with E-state index in [0.29, 0.717) is 6.42 Å². The highest BCUT2D eigenvalue weighted by atomic mass is 32.2. The molecule has 1 aliphatic carbocycles. The number of amides is 1. The zero-order valence-corrected chi connectivity index (χ0v) is 26.4. The van der Waals surface area contributed by atoms with E-state index in [2.05, 4.69) is 29.6 Å². The second kappa shape index (κ2) is 13.6. The molecule has 8 nitrogen and oxygen atoms in total. The van der Waals surface area contributed by atoms with E-state index in [1.165, 1.54) is 12.1 Å². The van der Waals surface area contributed by atoms with Gasteiger partial charge in [-0.05, 0) is 85.2 Å². The summed E-state index contributed by atoms with van der Waals surface area (Å²) in [5, 5.41) is 2.83. The minimum absolute atomic E-state index is 0.0609. The van der Waals surface area contributed by atoms with Gasteiger partial charge in [0.2, 0.25) is 0 Å². The van der Waals surface area contributed by atoms with Crippen molar-refractivity contribution in [3.05, 3.63) is 120 Å². The highest BCUT2D eigenvalue weighted by molar-refractivity contribution is 7.87. The van der Waals surface area contributed by atoms with Crippen LogP contribution in [0.4, 0.5) is 4.79 Å². The lowest BCUT2D eigenvalue weighted by atomic mass is 9.96. The third-order valence-electron chi connectivity index (χ3n) is 7.44. The summed E-state index contributed by atoms with van der Waals surface area (Å²) in [6, 6.07) is 30.8. The summed E-state index contributed by atoms with van der Waals surface area (Å²) in [6.07, 6.45) is -0.0724. The predicted octanol–water partition coefficient (Wildman–Crippen LogP) is 6.88. The molecule has 1 unspecified atom stereocenters. The molecule has 1 aliphatic rings. The zero-order chi connectivity index (χ0) is 32.0. The minimum Gasteiger partial charge on any atom is -0.460 e. The molecule has 0 saturated heterocycles. The smallest absolute Gasteiger partial charge is 0.407 e. The molecule has 0 radical (unpaired) electrons. The largest absolute Gasteiger partial charge is 0.460 e. The van der Waals surface area contributed by atoms with E-state index in [1.54, 1.807) is 63.2 Å². The Kier molecular flexibility index (Phi) is 9.58. The number of carbonyl (C=O) groups excluding carboxylic acids is 2. The summed E-state index contributed by atoms with van der Waals surface area (Å²) in [4.78, 5) is 25.7. The number of benzene rings is 4. The van der Waals surface area contributed by atoms with Crippen molar-refractivity contribution in [2.24, 2.45) is 5.92 Å². The van der Waals surface area contributed by atoms with Crippen LogP contribution in [-0.2, 0) is 30.8 Å². The number of hydrogen-bond donors (Lipinski definition) is 1. The first kappa shape index (κ1) is 31.8. The fourth-order valence-corrected chi connectivity index (χ4v) is 6.44. The normalized spacial score (nSPS) is 13.3. The summed E-state index contributed by atoms with van der Waals surface area (Å²) in [6.45, 7) is 5.77. The van der Waals surface area contributed by atoms with Crippen LogP contribution in [0.1, 0.15) is 49.8 Å². The van der Waals surface area contributed by atoms with Gasteiger partial charge in [-0.1, -0.05) is 78.9 Å². The van der Waals surface area contributed by atoms with Crippen molar-refractivity contribution in [1.82, 2.24) is 5.32 Å². The van der Waals surface area contributed by atoms with Gasteiger partial charge in [-0.15, -0.1) is 0 Å². The number of alkyl carbamates (subject to hydrolysis) is 1. The van der Waals surface area contributed by atoms with E-state index in [-0.39, 0.29) is 48.0 Å². The second-order valence-corrected chi connectivity index (χ2v) is 13.6. The molecule has 234 valence electrons. The molecule has 0 heterocycles. The fraction of sp³-hybridized carbons (Fsp3) is 0.278. The molecule has 1 N–H and O–H groups in total. The Morgan fingerprint density at radius 1 is 0.800 bits per heavy atom. The number of carbonyl (C=O) groups is 2. The monoisotopic (exact) mass is 627 g/mol. The standard InChI is InChI=1S/C36H37NO7S/c1-36(2,3)43-34(38)22-26(21-25-17-19-27(20-18-25)44-45(40,41)28-11-5-4-6-12-28)23-37-35(39)42-24-33-31-15-9-7-13-29(31)30-14-8-10-16-32(30)33/h4-20,26,33H,21-24H2,1-3H3,(H,37,39). The maximum Gasteiger partial charge on any atom is 0.407 e. The molecule has 0 aromatic heterocycles. The number of nitrogens with one attached hydrogen (secondary N) is 1. The van der Waals surface area contributed by atoms with Crippen LogP contribution in [0, 0.1) is 5.92 Å².